The Kier molecular flexibility index (Phi) is 8.50. The molecule has 7 heteroatoms. The topological polar surface area (TPSA) is 62.7 Å². The molecule has 0 spiro atoms. The third kappa shape index (κ3) is 6.58. The number of pyridine rings is 1. The van der Waals surface area contributed by atoms with E-state index in [1.807, 2.05) is 6.07 Å². The first kappa shape index (κ1) is 25.6. The number of methoxy groups -OCH3 is 1. The van der Waals surface area contributed by atoms with Crippen molar-refractivity contribution in [2.75, 3.05) is 26.7 Å². The number of fused-ring (bicyclic) bond motifs is 1. The molecular weight excluding hydrogens is 462 g/mol. The highest BCUT2D eigenvalue weighted by Crippen LogP contribution is 2.36. The molecule has 2 aromatic carbocycles. The lowest BCUT2D eigenvalue weighted by Crippen LogP contribution is -2.41. The highest BCUT2D eigenvalue weighted by molar-refractivity contribution is 5.83. The van der Waals surface area contributed by atoms with Crippen molar-refractivity contribution in [1.82, 2.24) is 9.88 Å². The van der Waals surface area contributed by atoms with Crippen LogP contribution >= 0.6 is 0 Å². The molecule has 1 saturated heterocycles. The minimum absolute atomic E-state index is 0.0465. The van der Waals surface area contributed by atoms with Crippen LogP contribution in [0.1, 0.15) is 43.0 Å². The van der Waals surface area contributed by atoms with E-state index in [9.17, 15) is 14.3 Å². The minimum atomic E-state index is -1.18. The van der Waals surface area contributed by atoms with E-state index in [0.717, 1.165) is 18.4 Å². The molecule has 4 rings (SSSR count). The van der Waals surface area contributed by atoms with Crippen LogP contribution in [-0.4, -0.2) is 47.7 Å². The Labute approximate surface area is 210 Å². The summed E-state index contributed by atoms with van der Waals surface area (Å²) in [7, 11) is 1.58. The van der Waals surface area contributed by atoms with E-state index in [-0.39, 0.29) is 24.1 Å². The van der Waals surface area contributed by atoms with Crippen LogP contribution in [0.5, 0.6) is 5.75 Å². The lowest BCUT2D eigenvalue weighted by Gasteiger charge is -2.37. The maximum atomic E-state index is 15.4. The Morgan fingerprint density at radius 3 is 2.89 bits per heavy atom. The van der Waals surface area contributed by atoms with Gasteiger partial charge < -0.3 is 9.84 Å². The van der Waals surface area contributed by atoms with Crippen molar-refractivity contribution in [2.24, 2.45) is 11.8 Å². The Hall–Kier alpha value is -3.50. The molecule has 0 radical (unpaired) electrons. The molecule has 0 amide bonds. The highest BCUT2D eigenvalue weighted by Gasteiger charge is 2.31. The van der Waals surface area contributed by atoms with Gasteiger partial charge in [-0.2, -0.15) is 0 Å². The molecule has 0 aliphatic carbocycles. The molecule has 3 atom stereocenters. The van der Waals surface area contributed by atoms with Crippen LogP contribution in [0.2, 0.25) is 0 Å². The van der Waals surface area contributed by atoms with Crippen molar-refractivity contribution in [2.45, 2.75) is 31.9 Å². The van der Waals surface area contributed by atoms with Crippen molar-refractivity contribution in [3.63, 3.8) is 0 Å². The molecule has 0 unspecified atom stereocenters. The Bertz CT molecular complexity index is 1270. The summed E-state index contributed by atoms with van der Waals surface area (Å²) in [6, 6.07) is 13.3. The maximum Gasteiger partial charge on any atom is 0.303 e. The number of aromatic nitrogens is 1. The number of hydrogen-bond donors (Lipinski definition) is 1. The number of ether oxygens (including phenoxy) is 1. The van der Waals surface area contributed by atoms with Gasteiger partial charge in [0, 0.05) is 30.1 Å². The van der Waals surface area contributed by atoms with E-state index in [1.165, 1.54) is 12.1 Å². The van der Waals surface area contributed by atoms with Crippen LogP contribution in [0.15, 0.2) is 54.7 Å². The van der Waals surface area contributed by atoms with Gasteiger partial charge in [-0.3, -0.25) is 14.7 Å². The molecule has 1 N–H and O–H groups in total. The molecular formula is C29H30F2N2O3. The zero-order chi connectivity index (χ0) is 25.5. The molecule has 1 aromatic heterocycles. The molecule has 0 saturated carbocycles. The van der Waals surface area contributed by atoms with Gasteiger partial charge >= 0.3 is 5.97 Å². The first-order valence-corrected chi connectivity index (χ1v) is 12.2. The normalized spacial score (nSPS) is 18.9. The van der Waals surface area contributed by atoms with Gasteiger partial charge in [0.2, 0.25) is 0 Å². The summed E-state index contributed by atoms with van der Waals surface area (Å²) in [4.78, 5) is 18.0. The zero-order valence-electron chi connectivity index (χ0n) is 20.3. The van der Waals surface area contributed by atoms with Crippen molar-refractivity contribution in [1.29, 1.82) is 0 Å². The average Bonchev–Trinajstić information content (AvgIpc) is 2.87. The SMILES string of the molecule is COc1ccc2nccc([C@H](F)CC[C@@H]3CCN(CC#Cc4cccc(F)c4)C[C@@H]3CC(=O)O)c2c1. The largest absolute Gasteiger partial charge is 0.497 e. The number of carbonyl (C=O) groups is 1. The average molecular weight is 493 g/mol. The second kappa shape index (κ2) is 12.0. The van der Waals surface area contributed by atoms with Crippen LogP contribution in [-0.2, 0) is 4.79 Å². The summed E-state index contributed by atoms with van der Waals surface area (Å²) < 4.78 is 34.1. The number of rotatable bonds is 8. The standard InChI is InChI=1S/C29H30F2N2O3/c1-36-24-8-10-28-26(18-24)25(11-13-32-28)27(31)9-7-21-12-15-33(19-22(21)17-29(34)35)14-3-5-20-4-2-6-23(30)16-20/h2,4,6,8,10-11,13,16,18,21-22,27H,7,9,12,14-15,17,19H2,1H3,(H,34,35)/t21-,22+,27-/m1/s1. The predicted molar refractivity (Wildman–Crippen MR) is 135 cm³/mol. The zero-order valence-corrected chi connectivity index (χ0v) is 20.3. The molecule has 0 bridgehead atoms. The first-order chi connectivity index (χ1) is 17.4. The highest BCUT2D eigenvalue weighted by atomic mass is 19.1. The number of aliphatic carboxylic acids is 1. The summed E-state index contributed by atoms with van der Waals surface area (Å²) in [5.74, 6) is 5.57. The summed E-state index contributed by atoms with van der Waals surface area (Å²) >= 11 is 0. The predicted octanol–water partition coefficient (Wildman–Crippen LogP) is 5.64. The fourth-order valence-electron chi connectivity index (χ4n) is 5.02. The Morgan fingerprint density at radius 2 is 2.11 bits per heavy atom. The van der Waals surface area contributed by atoms with E-state index in [0.29, 0.717) is 48.3 Å². The third-order valence-corrected chi connectivity index (χ3v) is 6.88. The van der Waals surface area contributed by atoms with Gasteiger partial charge in [0.15, 0.2) is 0 Å². The summed E-state index contributed by atoms with van der Waals surface area (Å²) in [6.07, 6.45) is 2.20. The second-order valence-electron chi connectivity index (χ2n) is 9.28. The van der Waals surface area contributed by atoms with Crippen LogP contribution < -0.4 is 4.74 Å². The minimum Gasteiger partial charge on any atom is -0.497 e. The van der Waals surface area contributed by atoms with Gasteiger partial charge in [-0.25, -0.2) is 8.78 Å². The quantitative estimate of drug-likeness (QED) is 0.413. The van der Waals surface area contributed by atoms with Gasteiger partial charge in [-0.1, -0.05) is 17.9 Å². The lowest BCUT2D eigenvalue weighted by molar-refractivity contribution is -0.139. The molecule has 188 valence electrons. The van der Waals surface area contributed by atoms with E-state index in [4.69, 9.17) is 4.74 Å². The van der Waals surface area contributed by atoms with Crippen LogP contribution in [0.25, 0.3) is 10.9 Å². The second-order valence-corrected chi connectivity index (χ2v) is 9.28. The summed E-state index contributed by atoms with van der Waals surface area (Å²) in [6.45, 7) is 1.85. The van der Waals surface area contributed by atoms with Gasteiger partial charge in [-0.15, -0.1) is 0 Å². The number of piperidine rings is 1. The summed E-state index contributed by atoms with van der Waals surface area (Å²) in [5, 5.41) is 10.2. The number of carboxylic acid groups (broad SMARTS) is 1. The van der Waals surface area contributed by atoms with Crippen molar-refractivity contribution in [3.05, 3.63) is 71.7 Å². The van der Waals surface area contributed by atoms with Gasteiger partial charge in [-0.05, 0) is 85.7 Å². The van der Waals surface area contributed by atoms with E-state index >= 15 is 4.39 Å². The fourth-order valence-corrected chi connectivity index (χ4v) is 5.02. The summed E-state index contributed by atoms with van der Waals surface area (Å²) in [5.41, 5.74) is 1.91. The van der Waals surface area contributed by atoms with Gasteiger partial charge in [0.1, 0.15) is 17.7 Å². The molecule has 2 heterocycles. The van der Waals surface area contributed by atoms with Crippen LogP contribution in [0.3, 0.4) is 0 Å². The van der Waals surface area contributed by atoms with E-state index in [2.05, 4.69) is 21.7 Å². The fraction of sp³-hybridized carbons (Fsp3) is 0.379. The number of benzene rings is 2. The molecule has 1 aliphatic rings. The first-order valence-electron chi connectivity index (χ1n) is 12.2. The number of likely N-dealkylation sites (tertiary alicyclic amines) is 1. The van der Waals surface area contributed by atoms with Gasteiger partial charge in [0.05, 0.1) is 19.2 Å². The smallest absolute Gasteiger partial charge is 0.303 e. The molecule has 36 heavy (non-hydrogen) atoms. The van der Waals surface area contributed by atoms with E-state index < -0.39 is 12.1 Å². The maximum absolute atomic E-state index is 15.4. The van der Waals surface area contributed by atoms with E-state index in [1.54, 1.807) is 43.6 Å². The van der Waals surface area contributed by atoms with Crippen LogP contribution in [0.4, 0.5) is 8.78 Å². The number of nitrogens with zero attached hydrogens (tertiary/aromatic N) is 2. The molecule has 1 aliphatic heterocycles. The number of hydrogen-bond acceptors (Lipinski definition) is 4. The molecule has 5 nitrogen and oxygen atoms in total. The van der Waals surface area contributed by atoms with Crippen molar-refractivity contribution < 1.29 is 23.4 Å². The van der Waals surface area contributed by atoms with Crippen molar-refractivity contribution in [3.8, 4) is 17.6 Å². The molecule has 1 fully saturated rings. The van der Waals surface area contributed by atoms with Crippen molar-refractivity contribution >= 4 is 16.9 Å². The molecule has 3 aromatic rings. The number of carboxylic acids is 1. The third-order valence-electron chi connectivity index (χ3n) is 6.88. The Balaban J connectivity index is 1.39. The Morgan fingerprint density at radius 1 is 1.25 bits per heavy atom. The number of alkyl halides is 1. The monoisotopic (exact) mass is 492 g/mol. The van der Waals surface area contributed by atoms with Gasteiger partial charge in [0.25, 0.3) is 0 Å². The van der Waals surface area contributed by atoms with Crippen LogP contribution in [0, 0.1) is 29.5 Å². The number of halogens is 2. The lowest BCUT2D eigenvalue weighted by atomic mass is 9.79.